The van der Waals surface area contributed by atoms with E-state index in [2.05, 4.69) is 4.98 Å². The van der Waals surface area contributed by atoms with Crippen LogP contribution in [-0.2, 0) is 17.9 Å². The Balaban J connectivity index is 1.84. The first-order chi connectivity index (χ1) is 20.9. The molecule has 0 saturated heterocycles. The van der Waals surface area contributed by atoms with Crippen LogP contribution in [0, 0.1) is 0 Å². The van der Waals surface area contributed by atoms with Crippen molar-refractivity contribution in [3.8, 4) is 39.8 Å². The second-order valence-electron chi connectivity index (χ2n) is 9.46. The molecule has 0 bridgehead atoms. The van der Waals surface area contributed by atoms with Crippen LogP contribution in [-0.4, -0.2) is 44.0 Å². The van der Waals surface area contributed by atoms with Gasteiger partial charge in [-0.25, -0.2) is 4.79 Å². The molecule has 5 aromatic rings. The molecule has 0 unspecified atom stereocenters. The number of methoxy groups -OCH3 is 4. The highest BCUT2D eigenvalue weighted by Gasteiger charge is 2.27. The Bertz CT molecular complexity index is 1810. The minimum Gasteiger partial charge on any atom is -0.493 e. The van der Waals surface area contributed by atoms with Gasteiger partial charge in [0.25, 0.3) is 5.56 Å². The number of aromatic nitrogens is 2. The van der Waals surface area contributed by atoms with Crippen molar-refractivity contribution >= 4 is 16.7 Å². The van der Waals surface area contributed by atoms with E-state index in [-0.39, 0.29) is 12.3 Å². The highest BCUT2D eigenvalue weighted by atomic mass is 16.5. The highest BCUT2D eigenvalue weighted by Crippen LogP contribution is 2.44. The Morgan fingerprint density at radius 1 is 0.860 bits per heavy atom. The van der Waals surface area contributed by atoms with Gasteiger partial charge in [-0.15, -0.1) is 0 Å². The molecule has 0 radical (unpaired) electrons. The molecule has 3 aromatic carbocycles. The molecule has 0 aliphatic carbocycles. The van der Waals surface area contributed by atoms with Gasteiger partial charge >= 0.3 is 5.97 Å². The minimum atomic E-state index is -0.707. The van der Waals surface area contributed by atoms with Crippen LogP contribution in [0.4, 0.5) is 0 Å². The molecule has 43 heavy (non-hydrogen) atoms. The maximum Gasteiger partial charge on any atom is 0.355 e. The first-order valence-corrected chi connectivity index (χ1v) is 13.4. The van der Waals surface area contributed by atoms with Gasteiger partial charge in [-0.05, 0) is 71.1 Å². The largest absolute Gasteiger partial charge is 0.493 e. The third kappa shape index (κ3) is 5.60. The third-order valence-corrected chi connectivity index (χ3v) is 7.03. The average Bonchev–Trinajstić information content (AvgIpc) is 3.06. The maximum absolute atomic E-state index is 14.3. The number of nitrogens with two attached hydrogens (primary N) is 1. The second kappa shape index (κ2) is 12.7. The quantitative estimate of drug-likeness (QED) is 0.229. The van der Waals surface area contributed by atoms with Crippen LogP contribution in [0.2, 0.25) is 0 Å². The second-order valence-corrected chi connectivity index (χ2v) is 9.46. The molecule has 0 atom stereocenters. The van der Waals surface area contributed by atoms with E-state index in [4.69, 9.17) is 29.4 Å². The summed E-state index contributed by atoms with van der Waals surface area (Å²) in [5, 5.41) is 0.817. The Labute approximate surface area is 248 Å². The SMILES string of the molecule is COC(=O)c1c(-c2cc(OC)c(OC)c(OC)c2)c2ccc(OCc3ccccn3)cc2c(=O)n1-c1ccc(CN)cc1. The Kier molecular flexibility index (Phi) is 8.59. The number of carbonyl (C=O) groups excluding carboxylic acids is 1. The standard InChI is InChI=1S/C33H31N3O7/c1-39-27-15-21(16-28(40-2)31(27)41-3)29-25-13-12-24(43-19-22-7-5-6-14-35-22)17-26(25)32(37)36(30(29)33(38)42-4)23-10-8-20(18-34)9-11-23/h5-17H,18-19,34H2,1-4H3. The van der Waals surface area contributed by atoms with Crippen molar-refractivity contribution in [3.63, 3.8) is 0 Å². The van der Waals surface area contributed by atoms with Gasteiger partial charge in [0.15, 0.2) is 11.5 Å². The molecule has 2 heterocycles. The minimum absolute atomic E-state index is 0.0249. The van der Waals surface area contributed by atoms with E-state index in [1.807, 2.05) is 18.2 Å². The summed E-state index contributed by atoms with van der Waals surface area (Å²) >= 11 is 0. The van der Waals surface area contributed by atoms with Gasteiger partial charge in [0, 0.05) is 24.0 Å². The molecule has 5 rings (SSSR count). The zero-order valence-electron chi connectivity index (χ0n) is 24.2. The topological polar surface area (TPSA) is 124 Å². The maximum atomic E-state index is 14.3. The Morgan fingerprint density at radius 2 is 1.58 bits per heavy atom. The van der Waals surface area contributed by atoms with E-state index in [1.165, 1.54) is 33.0 Å². The molecule has 10 heteroatoms. The summed E-state index contributed by atoms with van der Waals surface area (Å²) in [4.78, 5) is 32.1. The molecule has 2 N–H and O–H groups in total. The summed E-state index contributed by atoms with van der Waals surface area (Å²) in [5.41, 5.74) is 8.43. The number of hydrogen-bond donors (Lipinski definition) is 1. The summed E-state index contributed by atoms with van der Waals surface area (Å²) in [6.07, 6.45) is 1.69. The average molecular weight is 582 g/mol. The van der Waals surface area contributed by atoms with Gasteiger partial charge < -0.3 is 29.4 Å². The number of ether oxygens (including phenoxy) is 5. The fraction of sp³-hybridized carbons (Fsp3) is 0.182. The van der Waals surface area contributed by atoms with Crippen LogP contribution >= 0.6 is 0 Å². The van der Waals surface area contributed by atoms with Crippen LogP contribution in [0.3, 0.4) is 0 Å². The molecule has 2 aromatic heterocycles. The van der Waals surface area contributed by atoms with E-state index < -0.39 is 11.5 Å². The van der Waals surface area contributed by atoms with Crippen LogP contribution in [0.1, 0.15) is 21.7 Å². The monoisotopic (exact) mass is 581 g/mol. The number of pyridine rings is 2. The molecule has 0 fully saturated rings. The van der Waals surface area contributed by atoms with Gasteiger partial charge in [-0.1, -0.05) is 18.2 Å². The lowest BCUT2D eigenvalue weighted by molar-refractivity contribution is 0.0591. The summed E-state index contributed by atoms with van der Waals surface area (Å²) in [6, 6.07) is 21.2. The van der Waals surface area contributed by atoms with Gasteiger partial charge in [-0.2, -0.15) is 0 Å². The van der Waals surface area contributed by atoms with Crippen molar-refractivity contribution in [1.29, 1.82) is 0 Å². The number of fused-ring (bicyclic) bond motifs is 1. The van der Waals surface area contributed by atoms with Crippen molar-refractivity contribution in [2.75, 3.05) is 28.4 Å². The van der Waals surface area contributed by atoms with Crippen molar-refractivity contribution in [2.24, 2.45) is 5.73 Å². The predicted octanol–water partition coefficient (Wildman–Crippen LogP) is 4.90. The first-order valence-electron chi connectivity index (χ1n) is 13.4. The Morgan fingerprint density at radius 3 is 2.16 bits per heavy atom. The van der Waals surface area contributed by atoms with E-state index in [1.54, 1.807) is 60.8 Å². The smallest absolute Gasteiger partial charge is 0.355 e. The number of rotatable bonds is 10. The zero-order valence-corrected chi connectivity index (χ0v) is 24.2. The molecule has 0 aliphatic heterocycles. The predicted molar refractivity (Wildman–Crippen MR) is 162 cm³/mol. The molecule has 0 aliphatic rings. The normalized spacial score (nSPS) is 10.8. The van der Waals surface area contributed by atoms with Crippen molar-refractivity contribution in [2.45, 2.75) is 13.2 Å². The summed E-state index contributed by atoms with van der Waals surface area (Å²) < 4.78 is 29.3. The molecule has 0 saturated carbocycles. The van der Waals surface area contributed by atoms with E-state index in [0.29, 0.717) is 57.1 Å². The lowest BCUT2D eigenvalue weighted by Gasteiger charge is -2.21. The van der Waals surface area contributed by atoms with Gasteiger partial charge in [0.05, 0.1) is 39.5 Å². The summed E-state index contributed by atoms with van der Waals surface area (Å²) in [5.74, 6) is 0.888. The van der Waals surface area contributed by atoms with Crippen LogP contribution < -0.4 is 30.2 Å². The molecule has 0 amide bonds. The van der Waals surface area contributed by atoms with Crippen LogP contribution in [0.15, 0.2) is 83.8 Å². The molecular formula is C33H31N3O7. The number of benzene rings is 3. The third-order valence-electron chi connectivity index (χ3n) is 7.03. The fourth-order valence-electron chi connectivity index (χ4n) is 4.95. The van der Waals surface area contributed by atoms with Crippen molar-refractivity contribution in [3.05, 3.63) is 106 Å². The van der Waals surface area contributed by atoms with Crippen LogP contribution in [0.25, 0.3) is 27.6 Å². The molecule has 220 valence electrons. The summed E-state index contributed by atoms with van der Waals surface area (Å²) in [7, 11) is 5.79. The molecule has 10 nitrogen and oxygen atoms in total. The number of carbonyl (C=O) groups is 1. The molecular weight excluding hydrogens is 550 g/mol. The summed E-state index contributed by atoms with van der Waals surface area (Å²) in [6.45, 7) is 0.533. The van der Waals surface area contributed by atoms with Crippen LogP contribution in [0.5, 0.6) is 23.0 Å². The van der Waals surface area contributed by atoms with E-state index in [9.17, 15) is 9.59 Å². The van der Waals surface area contributed by atoms with E-state index >= 15 is 0 Å². The first kappa shape index (κ1) is 29.2. The molecule has 0 spiro atoms. The zero-order chi connectivity index (χ0) is 30.5. The van der Waals surface area contributed by atoms with Gasteiger partial charge in [0.1, 0.15) is 18.1 Å². The van der Waals surface area contributed by atoms with E-state index in [0.717, 1.165) is 11.3 Å². The van der Waals surface area contributed by atoms with Crippen molar-refractivity contribution in [1.82, 2.24) is 9.55 Å². The van der Waals surface area contributed by atoms with Gasteiger partial charge in [0.2, 0.25) is 5.75 Å². The number of nitrogens with zero attached hydrogens (tertiary/aromatic N) is 2. The number of hydrogen-bond acceptors (Lipinski definition) is 9. The highest BCUT2D eigenvalue weighted by molar-refractivity contribution is 6.07. The lowest BCUT2D eigenvalue weighted by Crippen LogP contribution is -2.27. The number of esters is 1. The fourth-order valence-corrected chi connectivity index (χ4v) is 4.95. The van der Waals surface area contributed by atoms with Crippen molar-refractivity contribution < 1.29 is 28.5 Å². The lowest BCUT2D eigenvalue weighted by atomic mass is 9.95. The Hall–Kier alpha value is -5.35. The van der Waals surface area contributed by atoms with Gasteiger partial charge in [-0.3, -0.25) is 14.3 Å².